The molecule has 0 saturated carbocycles. The molecule has 4 nitrogen and oxygen atoms in total. The van der Waals surface area contributed by atoms with Crippen LogP contribution in [0.15, 0.2) is 5.03 Å². The molecule has 1 aromatic heterocycles. The van der Waals surface area contributed by atoms with Gasteiger partial charge in [0.1, 0.15) is 6.10 Å². The SMILES string of the molecule is CCCCCSc1nsnc1O[C@@H]1CN2CCC1CC2. The van der Waals surface area contributed by atoms with E-state index >= 15 is 0 Å². The van der Waals surface area contributed by atoms with Crippen molar-refractivity contribution in [3.8, 4) is 5.88 Å². The van der Waals surface area contributed by atoms with Gasteiger partial charge in [0.25, 0.3) is 5.88 Å². The van der Waals surface area contributed by atoms with Crippen LogP contribution in [0.5, 0.6) is 5.88 Å². The first-order valence-electron chi connectivity index (χ1n) is 7.71. The Hall–Kier alpha value is -0.330. The van der Waals surface area contributed by atoms with Gasteiger partial charge in [0.05, 0.1) is 11.7 Å². The first-order chi connectivity index (χ1) is 9.86. The van der Waals surface area contributed by atoms with Crippen molar-refractivity contribution in [3.05, 3.63) is 0 Å². The number of fused-ring (bicyclic) bond motifs is 3. The van der Waals surface area contributed by atoms with Gasteiger partial charge in [-0.15, -0.1) is 4.37 Å². The fourth-order valence-electron chi connectivity index (χ4n) is 3.04. The van der Waals surface area contributed by atoms with Crippen molar-refractivity contribution >= 4 is 23.5 Å². The molecule has 4 heterocycles. The van der Waals surface area contributed by atoms with Crippen molar-refractivity contribution in [2.45, 2.75) is 50.2 Å². The lowest BCUT2D eigenvalue weighted by atomic mass is 9.86. The van der Waals surface area contributed by atoms with E-state index in [2.05, 4.69) is 20.6 Å². The summed E-state index contributed by atoms with van der Waals surface area (Å²) in [4.78, 5) is 2.51. The van der Waals surface area contributed by atoms with Crippen LogP contribution >= 0.6 is 23.5 Å². The molecule has 0 N–H and O–H groups in total. The summed E-state index contributed by atoms with van der Waals surface area (Å²) in [5.74, 6) is 2.63. The molecule has 112 valence electrons. The number of nitrogens with zero attached hydrogens (tertiary/aromatic N) is 3. The third-order valence-corrected chi connectivity index (χ3v) is 5.94. The number of piperidine rings is 3. The number of aromatic nitrogens is 2. The van der Waals surface area contributed by atoms with Gasteiger partial charge in [-0.1, -0.05) is 31.5 Å². The van der Waals surface area contributed by atoms with E-state index in [-0.39, 0.29) is 0 Å². The molecule has 0 unspecified atom stereocenters. The molecule has 3 aliphatic rings. The molecular weight excluding hydrogens is 290 g/mol. The summed E-state index contributed by atoms with van der Waals surface area (Å²) >= 11 is 3.08. The van der Waals surface area contributed by atoms with Crippen LogP contribution in [0.25, 0.3) is 0 Å². The van der Waals surface area contributed by atoms with Gasteiger partial charge in [-0.25, -0.2) is 0 Å². The minimum Gasteiger partial charge on any atom is -0.470 e. The summed E-state index contributed by atoms with van der Waals surface area (Å²) in [6.45, 7) is 5.80. The maximum atomic E-state index is 6.19. The highest BCUT2D eigenvalue weighted by Crippen LogP contribution is 2.34. The molecule has 6 heteroatoms. The van der Waals surface area contributed by atoms with Gasteiger partial charge in [-0.05, 0) is 44.0 Å². The van der Waals surface area contributed by atoms with Crippen LogP contribution in [0, 0.1) is 5.92 Å². The van der Waals surface area contributed by atoms with Gasteiger partial charge in [0.15, 0.2) is 5.03 Å². The number of thioether (sulfide) groups is 1. The largest absolute Gasteiger partial charge is 0.470 e. The molecule has 4 rings (SSSR count). The van der Waals surface area contributed by atoms with E-state index in [4.69, 9.17) is 4.74 Å². The van der Waals surface area contributed by atoms with Crippen LogP contribution in [0.3, 0.4) is 0 Å². The molecule has 3 aliphatic heterocycles. The number of hydrogen-bond donors (Lipinski definition) is 0. The van der Waals surface area contributed by atoms with Gasteiger partial charge >= 0.3 is 0 Å². The van der Waals surface area contributed by atoms with Crippen LogP contribution in [-0.2, 0) is 0 Å². The highest BCUT2D eigenvalue weighted by Gasteiger charge is 2.36. The molecule has 20 heavy (non-hydrogen) atoms. The van der Waals surface area contributed by atoms with Crippen LogP contribution in [0.4, 0.5) is 0 Å². The topological polar surface area (TPSA) is 38.3 Å². The Kier molecular flexibility index (Phi) is 5.18. The van der Waals surface area contributed by atoms with Gasteiger partial charge in [-0.3, -0.25) is 4.90 Å². The predicted molar refractivity (Wildman–Crippen MR) is 83.7 cm³/mol. The van der Waals surface area contributed by atoms with Crippen molar-refractivity contribution in [1.82, 2.24) is 13.6 Å². The second-order valence-corrected chi connectivity index (χ2v) is 7.34. The molecule has 0 radical (unpaired) electrons. The van der Waals surface area contributed by atoms with Gasteiger partial charge in [0, 0.05) is 6.54 Å². The number of ether oxygens (including phenoxy) is 1. The second kappa shape index (κ2) is 7.09. The van der Waals surface area contributed by atoms with Crippen LogP contribution in [0.1, 0.15) is 39.0 Å². The Morgan fingerprint density at radius 3 is 2.85 bits per heavy atom. The standard InChI is InChI=1S/C14H23N3OS2/c1-2-3-4-9-19-14-13(15-20-16-14)18-12-10-17-7-5-11(12)6-8-17/h11-12H,2-10H2,1H3/t12-/m1/s1. The Bertz CT molecular complexity index is 418. The molecule has 1 aromatic rings. The molecule has 2 bridgehead atoms. The third-order valence-electron chi connectivity index (χ3n) is 4.28. The summed E-state index contributed by atoms with van der Waals surface area (Å²) in [6, 6.07) is 0. The van der Waals surface area contributed by atoms with Crippen molar-refractivity contribution in [3.63, 3.8) is 0 Å². The summed E-state index contributed by atoms with van der Waals surface area (Å²) in [7, 11) is 0. The lowest BCUT2D eigenvalue weighted by Gasteiger charge is -2.44. The van der Waals surface area contributed by atoms with E-state index in [1.54, 1.807) is 11.8 Å². The zero-order valence-electron chi connectivity index (χ0n) is 12.1. The van der Waals surface area contributed by atoms with E-state index in [1.165, 1.54) is 56.9 Å². The molecule has 0 aromatic carbocycles. The maximum Gasteiger partial charge on any atom is 0.260 e. The molecule has 0 amide bonds. The monoisotopic (exact) mass is 313 g/mol. The average molecular weight is 313 g/mol. The molecule has 1 atom stereocenters. The maximum absolute atomic E-state index is 6.19. The predicted octanol–water partition coefficient (Wildman–Crippen LogP) is 3.29. The third kappa shape index (κ3) is 3.46. The van der Waals surface area contributed by atoms with E-state index in [9.17, 15) is 0 Å². The Morgan fingerprint density at radius 2 is 2.15 bits per heavy atom. The second-order valence-electron chi connectivity index (χ2n) is 5.72. The summed E-state index contributed by atoms with van der Waals surface area (Å²) < 4.78 is 14.9. The quantitative estimate of drug-likeness (QED) is 0.570. The Morgan fingerprint density at radius 1 is 1.30 bits per heavy atom. The number of rotatable bonds is 7. The lowest BCUT2D eigenvalue weighted by Crippen LogP contribution is -2.52. The van der Waals surface area contributed by atoms with Crippen molar-refractivity contribution < 1.29 is 4.74 Å². The summed E-state index contributed by atoms with van der Waals surface area (Å²) in [5, 5.41) is 1.00. The molecular formula is C14H23N3OS2. The van der Waals surface area contributed by atoms with E-state index < -0.39 is 0 Å². The van der Waals surface area contributed by atoms with Crippen LogP contribution in [-0.4, -0.2) is 45.1 Å². The summed E-state index contributed by atoms with van der Waals surface area (Å²) in [6.07, 6.45) is 6.69. The smallest absolute Gasteiger partial charge is 0.260 e. The van der Waals surface area contributed by atoms with E-state index in [0.29, 0.717) is 6.10 Å². The molecule has 0 spiro atoms. The number of unbranched alkanes of at least 4 members (excludes halogenated alkanes) is 2. The van der Waals surface area contributed by atoms with Crippen molar-refractivity contribution in [2.24, 2.45) is 5.92 Å². The Balaban J connectivity index is 1.54. The van der Waals surface area contributed by atoms with Gasteiger partial charge in [0.2, 0.25) is 0 Å². The van der Waals surface area contributed by atoms with Gasteiger partial charge < -0.3 is 4.74 Å². The van der Waals surface area contributed by atoms with Gasteiger partial charge in [-0.2, -0.15) is 4.37 Å². The fourth-order valence-corrected chi connectivity index (χ4v) is 4.57. The van der Waals surface area contributed by atoms with E-state index in [1.807, 2.05) is 0 Å². The van der Waals surface area contributed by atoms with Crippen molar-refractivity contribution in [1.29, 1.82) is 0 Å². The fraction of sp³-hybridized carbons (Fsp3) is 0.857. The highest BCUT2D eigenvalue weighted by molar-refractivity contribution is 7.99. The normalized spacial score (nSPS) is 28.8. The minimum atomic E-state index is 0.330. The molecule has 3 saturated heterocycles. The highest BCUT2D eigenvalue weighted by atomic mass is 32.2. The van der Waals surface area contributed by atoms with Crippen molar-refractivity contribution in [2.75, 3.05) is 25.4 Å². The lowest BCUT2D eigenvalue weighted by molar-refractivity contribution is -0.0110. The minimum absolute atomic E-state index is 0.330. The molecule has 0 aliphatic carbocycles. The van der Waals surface area contributed by atoms with E-state index in [0.717, 1.165) is 29.1 Å². The zero-order chi connectivity index (χ0) is 13.8. The first-order valence-corrected chi connectivity index (χ1v) is 9.42. The first kappa shape index (κ1) is 14.6. The molecule has 3 fully saturated rings. The summed E-state index contributed by atoms with van der Waals surface area (Å²) in [5.41, 5.74) is 0. The number of hydrogen-bond acceptors (Lipinski definition) is 6. The average Bonchev–Trinajstić information content (AvgIpc) is 2.92. The zero-order valence-corrected chi connectivity index (χ0v) is 13.7. The van der Waals surface area contributed by atoms with Crippen LogP contribution < -0.4 is 4.74 Å². The van der Waals surface area contributed by atoms with Crippen LogP contribution in [0.2, 0.25) is 0 Å². The Labute approximate surface area is 129 Å².